The summed E-state index contributed by atoms with van der Waals surface area (Å²) in [5, 5.41) is 10.5. The van der Waals surface area contributed by atoms with E-state index in [1.165, 1.54) is 17.1 Å². The van der Waals surface area contributed by atoms with Crippen molar-refractivity contribution in [2.24, 2.45) is 0 Å². The molecule has 3 rings (SSSR count). The Bertz CT molecular complexity index is 598. The van der Waals surface area contributed by atoms with Crippen LogP contribution >= 0.6 is 11.8 Å². The molecule has 1 atom stereocenters. The smallest absolute Gasteiger partial charge is 0.161 e. The van der Waals surface area contributed by atoms with Crippen LogP contribution in [-0.2, 0) is 6.54 Å². The molecular weight excluding hydrogens is 374 g/mol. The lowest BCUT2D eigenvalue weighted by atomic mass is 10.2. The zero-order valence-electron chi connectivity index (χ0n) is 17.3. The highest BCUT2D eigenvalue weighted by Gasteiger charge is 2.17. The van der Waals surface area contributed by atoms with E-state index in [0.29, 0.717) is 6.54 Å². The maximum Gasteiger partial charge on any atom is 0.161 e. The molecule has 0 aliphatic carbocycles. The molecule has 2 aliphatic rings. The van der Waals surface area contributed by atoms with E-state index in [1.54, 1.807) is 7.11 Å². The van der Waals surface area contributed by atoms with Gasteiger partial charge >= 0.3 is 0 Å². The third-order valence-corrected chi connectivity index (χ3v) is 6.39. The van der Waals surface area contributed by atoms with Crippen molar-refractivity contribution in [2.75, 3.05) is 78.1 Å². The molecule has 2 aliphatic heterocycles. The van der Waals surface area contributed by atoms with Gasteiger partial charge in [-0.05, 0) is 44.3 Å². The number of β-amino-alcohol motifs (C(OH)–C–C–N with tert-alkyl or cyclic N) is 1. The topological polar surface area (TPSA) is 48.4 Å². The Hall–Kier alpha value is -0.990. The van der Waals surface area contributed by atoms with Gasteiger partial charge < -0.3 is 19.5 Å². The van der Waals surface area contributed by atoms with Crippen molar-refractivity contribution < 1.29 is 14.6 Å². The van der Waals surface area contributed by atoms with E-state index in [0.717, 1.165) is 63.7 Å². The summed E-state index contributed by atoms with van der Waals surface area (Å²) in [4.78, 5) is 7.16. The average Bonchev–Trinajstić information content (AvgIpc) is 2.91. The van der Waals surface area contributed by atoms with Crippen LogP contribution in [0.4, 0.5) is 0 Å². The van der Waals surface area contributed by atoms with E-state index in [9.17, 15) is 5.11 Å². The number of aliphatic hydroxyl groups is 1. The number of rotatable bonds is 8. The SMILES string of the molecule is COc1ccc(CN2CCSCC2)cc1OCC(O)CN1CCCN(C)CC1. The van der Waals surface area contributed by atoms with Gasteiger partial charge in [0.2, 0.25) is 0 Å². The van der Waals surface area contributed by atoms with Crippen LogP contribution in [0.2, 0.25) is 0 Å². The number of aliphatic hydroxyl groups excluding tert-OH is 1. The highest BCUT2D eigenvalue weighted by atomic mass is 32.2. The highest BCUT2D eigenvalue weighted by molar-refractivity contribution is 7.99. The zero-order valence-corrected chi connectivity index (χ0v) is 18.1. The van der Waals surface area contributed by atoms with E-state index in [4.69, 9.17) is 9.47 Å². The second-order valence-corrected chi connectivity index (χ2v) is 9.02. The van der Waals surface area contributed by atoms with Crippen LogP contribution in [-0.4, -0.2) is 104 Å². The minimum Gasteiger partial charge on any atom is -0.493 e. The molecule has 1 aromatic rings. The van der Waals surface area contributed by atoms with Crippen LogP contribution in [0.1, 0.15) is 12.0 Å². The Labute approximate surface area is 173 Å². The molecule has 158 valence electrons. The molecule has 1 N–H and O–H groups in total. The lowest BCUT2D eigenvalue weighted by Gasteiger charge is -2.26. The van der Waals surface area contributed by atoms with Gasteiger partial charge in [0, 0.05) is 50.8 Å². The van der Waals surface area contributed by atoms with Crippen LogP contribution in [0.15, 0.2) is 18.2 Å². The molecule has 0 amide bonds. The van der Waals surface area contributed by atoms with Gasteiger partial charge in [-0.25, -0.2) is 0 Å². The molecule has 6 nitrogen and oxygen atoms in total. The molecule has 2 fully saturated rings. The molecule has 2 heterocycles. The zero-order chi connectivity index (χ0) is 19.8. The monoisotopic (exact) mass is 409 g/mol. The molecule has 1 aromatic carbocycles. The van der Waals surface area contributed by atoms with Gasteiger partial charge in [0.1, 0.15) is 12.7 Å². The normalized spacial score (nSPS) is 21.2. The minimum absolute atomic E-state index is 0.284. The standard InChI is InChI=1S/C21H35N3O3S/c1-22-6-3-7-23(9-8-22)16-19(25)17-27-21-14-18(4-5-20(21)26-2)15-24-10-12-28-13-11-24/h4-5,14,19,25H,3,6-13,15-17H2,1-2H3. The van der Waals surface area contributed by atoms with Gasteiger partial charge in [-0.15, -0.1) is 0 Å². The molecule has 0 aromatic heterocycles. The Morgan fingerprint density at radius 1 is 1.04 bits per heavy atom. The highest BCUT2D eigenvalue weighted by Crippen LogP contribution is 2.29. The van der Waals surface area contributed by atoms with Crippen molar-refractivity contribution in [3.8, 4) is 11.5 Å². The Morgan fingerprint density at radius 3 is 2.64 bits per heavy atom. The van der Waals surface area contributed by atoms with Crippen molar-refractivity contribution in [3.63, 3.8) is 0 Å². The molecule has 0 spiro atoms. The minimum atomic E-state index is -0.504. The predicted octanol–water partition coefficient (Wildman–Crippen LogP) is 1.62. The van der Waals surface area contributed by atoms with Crippen LogP contribution in [0, 0.1) is 0 Å². The van der Waals surface area contributed by atoms with Crippen molar-refractivity contribution in [3.05, 3.63) is 23.8 Å². The summed E-state index contributed by atoms with van der Waals surface area (Å²) in [5.74, 6) is 3.86. The molecular formula is C21H35N3O3S. The van der Waals surface area contributed by atoms with Crippen molar-refractivity contribution in [2.45, 2.75) is 19.1 Å². The fourth-order valence-electron chi connectivity index (χ4n) is 3.77. The summed E-state index contributed by atoms with van der Waals surface area (Å²) in [6.45, 7) is 8.36. The Balaban J connectivity index is 1.52. The number of thioether (sulfide) groups is 1. The van der Waals surface area contributed by atoms with Crippen LogP contribution in [0.5, 0.6) is 11.5 Å². The maximum atomic E-state index is 10.5. The number of hydrogen-bond acceptors (Lipinski definition) is 7. The molecule has 7 heteroatoms. The molecule has 28 heavy (non-hydrogen) atoms. The largest absolute Gasteiger partial charge is 0.493 e. The second-order valence-electron chi connectivity index (χ2n) is 7.80. The second kappa shape index (κ2) is 11.3. The summed E-state index contributed by atoms with van der Waals surface area (Å²) >= 11 is 2.02. The number of likely N-dealkylation sites (N-methyl/N-ethyl adjacent to an activating group) is 1. The van der Waals surface area contributed by atoms with E-state index in [1.807, 2.05) is 17.8 Å². The predicted molar refractivity (Wildman–Crippen MR) is 116 cm³/mol. The van der Waals surface area contributed by atoms with Crippen molar-refractivity contribution in [1.82, 2.24) is 14.7 Å². The average molecular weight is 410 g/mol. The molecule has 1 unspecified atom stereocenters. The third kappa shape index (κ3) is 6.81. The summed E-state index contributed by atoms with van der Waals surface area (Å²) < 4.78 is 11.4. The van der Waals surface area contributed by atoms with E-state index in [2.05, 4.69) is 33.9 Å². The first kappa shape index (κ1) is 21.7. The van der Waals surface area contributed by atoms with Gasteiger partial charge in [-0.3, -0.25) is 9.80 Å². The fraction of sp³-hybridized carbons (Fsp3) is 0.714. The summed E-state index contributed by atoms with van der Waals surface area (Å²) in [5.41, 5.74) is 1.23. The number of methoxy groups -OCH3 is 1. The van der Waals surface area contributed by atoms with Gasteiger partial charge in [-0.1, -0.05) is 6.07 Å². The number of benzene rings is 1. The maximum absolute atomic E-state index is 10.5. The van der Waals surface area contributed by atoms with Gasteiger partial charge in [-0.2, -0.15) is 11.8 Å². The lowest BCUT2D eigenvalue weighted by Crippen LogP contribution is -2.37. The quantitative estimate of drug-likeness (QED) is 0.700. The molecule has 0 bridgehead atoms. The summed E-state index contributed by atoms with van der Waals surface area (Å²) in [6.07, 6.45) is 0.644. The van der Waals surface area contributed by atoms with Crippen LogP contribution in [0.25, 0.3) is 0 Å². The fourth-order valence-corrected chi connectivity index (χ4v) is 4.75. The summed E-state index contributed by atoms with van der Waals surface area (Å²) in [7, 11) is 3.82. The van der Waals surface area contributed by atoms with Crippen molar-refractivity contribution >= 4 is 11.8 Å². The lowest BCUT2D eigenvalue weighted by molar-refractivity contribution is 0.0685. The van der Waals surface area contributed by atoms with Gasteiger partial charge in [0.25, 0.3) is 0 Å². The van der Waals surface area contributed by atoms with E-state index >= 15 is 0 Å². The van der Waals surface area contributed by atoms with Gasteiger partial charge in [0.05, 0.1) is 7.11 Å². The van der Waals surface area contributed by atoms with Crippen molar-refractivity contribution in [1.29, 1.82) is 0 Å². The van der Waals surface area contributed by atoms with E-state index < -0.39 is 6.10 Å². The van der Waals surface area contributed by atoms with Crippen LogP contribution in [0.3, 0.4) is 0 Å². The van der Waals surface area contributed by atoms with E-state index in [-0.39, 0.29) is 6.61 Å². The van der Waals surface area contributed by atoms with Gasteiger partial charge in [0.15, 0.2) is 11.5 Å². The Kier molecular flexibility index (Phi) is 8.73. The third-order valence-electron chi connectivity index (χ3n) is 5.45. The molecule has 2 saturated heterocycles. The first-order chi connectivity index (χ1) is 13.6. The number of hydrogen-bond donors (Lipinski definition) is 1. The Morgan fingerprint density at radius 2 is 1.86 bits per heavy atom. The number of ether oxygens (including phenoxy) is 2. The molecule has 0 radical (unpaired) electrons. The number of nitrogens with zero attached hydrogens (tertiary/aromatic N) is 3. The van der Waals surface area contributed by atoms with Crippen LogP contribution < -0.4 is 9.47 Å². The first-order valence-electron chi connectivity index (χ1n) is 10.3. The summed E-state index contributed by atoms with van der Waals surface area (Å²) in [6, 6.07) is 6.15. The first-order valence-corrected chi connectivity index (χ1v) is 11.5. The molecule has 0 saturated carbocycles.